The number of allylic oxidation sites excluding steroid dienone is 1. The number of anilines is 3. The first-order chi connectivity index (χ1) is 16.9. The zero-order chi connectivity index (χ0) is 24.8. The van der Waals surface area contributed by atoms with Gasteiger partial charge in [-0.25, -0.2) is 4.98 Å². The van der Waals surface area contributed by atoms with Gasteiger partial charge in [0.1, 0.15) is 5.82 Å². The van der Waals surface area contributed by atoms with Crippen LogP contribution in [0.1, 0.15) is 52.4 Å². The van der Waals surface area contributed by atoms with Crippen molar-refractivity contribution in [2.75, 3.05) is 36.2 Å². The second kappa shape index (κ2) is 11.5. The lowest BCUT2D eigenvalue weighted by Gasteiger charge is -2.26. The van der Waals surface area contributed by atoms with Gasteiger partial charge in [-0.15, -0.1) is 0 Å². The predicted molar refractivity (Wildman–Crippen MR) is 149 cm³/mol. The number of nitrogen functional groups attached to an aromatic ring is 1. The summed E-state index contributed by atoms with van der Waals surface area (Å²) in [4.78, 5) is 12.8. The van der Waals surface area contributed by atoms with Crippen molar-refractivity contribution >= 4 is 28.4 Å². The molecule has 6 heteroatoms. The van der Waals surface area contributed by atoms with Crippen molar-refractivity contribution in [3.8, 4) is 0 Å². The zero-order valence-corrected chi connectivity index (χ0v) is 21.7. The van der Waals surface area contributed by atoms with Crippen LogP contribution in [0.3, 0.4) is 0 Å². The quantitative estimate of drug-likeness (QED) is 0.492. The number of rotatable bonds is 5. The van der Waals surface area contributed by atoms with E-state index in [1.807, 2.05) is 43.3 Å². The van der Waals surface area contributed by atoms with E-state index >= 15 is 0 Å². The van der Waals surface area contributed by atoms with Crippen molar-refractivity contribution in [3.63, 3.8) is 0 Å². The molecule has 1 aliphatic carbocycles. The van der Waals surface area contributed by atoms with E-state index in [4.69, 9.17) is 5.73 Å². The summed E-state index contributed by atoms with van der Waals surface area (Å²) in [7, 11) is 3.88. The van der Waals surface area contributed by atoms with Gasteiger partial charge < -0.3 is 20.9 Å². The summed E-state index contributed by atoms with van der Waals surface area (Å²) in [6.07, 6.45) is 8.16. The van der Waals surface area contributed by atoms with Gasteiger partial charge in [-0.05, 0) is 62.9 Å². The Bertz CT molecular complexity index is 1130. The Morgan fingerprint density at radius 3 is 2.37 bits per heavy atom. The SMILES string of the molecule is CC1=C(CNC2CCCCC2)CC(C)N1c1ccccc1.CN(C)c1nc(N)nc2ccccc12. The molecule has 1 saturated carbocycles. The molecule has 186 valence electrons. The molecule has 1 aliphatic heterocycles. The molecule has 1 aromatic heterocycles. The smallest absolute Gasteiger partial charge is 0.222 e. The normalized spacial score (nSPS) is 18.5. The van der Waals surface area contributed by atoms with Crippen LogP contribution in [0.2, 0.25) is 0 Å². The molecule has 0 spiro atoms. The number of fused-ring (bicyclic) bond motifs is 1. The number of hydrogen-bond acceptors (Lipinski definition) is 6. The molecule has 0 amide bonds. The standard InChI is InChI=1S/C19H28N2.C10H12N4/c1-15-13-17(14-20-18-9-5-3-6-10-18)16(2)21(15)19-11-7-4-8-12-19;1-14(2)9-7-5-3-4-6-8(7)12-10(11)13-9/h4,7-8,11-12,15,18,20H,3,5-6,9-10,13-14H2,1-2H3;3-6H,1-2H3,(H2,11,12,13). The van der Waals surface area contributed by atoms with E-state index in [9.17, 15) is 0 Å². The number of aromatic nitrogens is 2. The molecular weight excluding hydrogens is 432 g/mol. The highest BCUT2D eigenvalue weighted by molar-refractivity contribution is 5.90. The summed E-state index contributed by atoms with van der Waals surface area (Å²) in [6.45, 7) is 5.70. The third-order valence-corrected chi connectivity index (χ3v) is 7.12. The van der Waals surface area contributed by atoms with E-state index in [0.29, 0.717) is 12.0 Å². The first-order valence-electron chi connectivity index (χ1n) is 12.9. The van der Waals surface area contributed by atoms with Gasteiger partial charge in [-0.3, -0.25) is 0 Å². The Labute approximate surface area is 210 Å². The molecule has 3 N–H and O–H groups in total. The fourth-order valence-corrected chi connectivity index (χ4v) is 5.33. The first kappa shape index (κ1) is 25.0. The summed E-state index contributed by atoms with van der Waals surface area (Å²) in [5.74, 6) is 1.17. The molecule has 1 fully saturated rings. The summed E-state index contributed by atoms with van der Waals surface area (Å²) in [5.41, 5.74) is 10.9. The molecule has 0 radical (unpaired) electrons. The van der Waals surface area contributed by atoms with Crippen molar-refractivity contribution in [1.82, 2.24) is 15.3 Å². The van der Waals surface area contributed by atoms with Crippen LogP contribution >= 0.6 is 0 Å². The number of benzene rings is 2. The van der Waals surface area contributed by atoms with Crippen LogP contribution in [0.25, 0.3) is 10.9 Å². The molecular formula is C29H40N6. The van der Waals surface area contributed by atoms with Gasteiger partial charge in [0.25, 0.3) is 0 Å². The molecule has 0 bridgehead atoms. The summed E-state index contributed by atoms with van der Waals surface area (Å²) < 4.78 is 0. The second-order valence-corrected chi connectivity index (χ2v) is 9.98. The molecule has 3 aromatic rings. The van der Waals surface area contributed by atoms with E-state index in [2.05, 4.69) is 64.4 Å². The molecule has 1 unspecified atom stereocenters. The van der Waals surface area contributed by atoms with E-state index in [1.165, 1.54) is 49.9 Å². The lowest BCUT2D eigenvalue weighted by molar-refractivity contribution is 0.381. The minimum atomic E-state index is 0.312. The monoisotopic (exact) mass is 472 g/mol. The average molecular weight is 473 g/mol. The van der Waals surface area contributed by atoms with Gasteiger partial charge in [-0.2, -0.15) is 4.98 Å². The largest absolute Gasteiger partial charge is 0.368 e. The van der Waals surface area contributed by atoms with Crippen molar-refractivity contribution in [2.45, 2.75) is 64.5 Å². The number of nitrogens with two attached hydrogens (primary N) is 1. The summed E-state index contributed by atoms with van der Waals surface area (Å²) in [5, 5.41) is 4.82. The molecule has 2 heterocycles. The molecule has 1 atom stereocenters. The van der Waals surface area contributed by atoms with Crippen molar-refractivity contribution in [1.29, 1.82) is 0 Å². The molecule has 2 aromatic carbocycles. The van der Waals surface area contributed by atoms with E-state index < -0.39 is 0 Å². The van der Waals surface area contributed by atoms with Gasteiger partial charge in [0.15, 0.2) is 0 Å². The van der Waals surface area contributed by atoms with Gasteiger partial charge >= 0.3 is 0 Å². The minimum Gasteiger partial charge on any atom is -0.368 e. The van der Waals surface area contributed by atoms with Crippen LogP contribution in [-0.2, 0) is 0 Å². The molecule has 5 rings (SSSR count). The lowest BCUT2D eigenvalue weighted by atomic mass is 9.95. The van der Waals surface area contributed by atoms with E-state index in [0.717, 1.165) is 29.3 Å². The number of hydrogen-bond donors (Lipinski definition) is 2. The predicted octanol–water partition coefficient (Wildman–Crippen LogP) is 5.76. The van der Waals surface area contributed by atoms with Crippen LogP contribution < -0.4 is 20.9 Å². The third kappa shape index (κ3) is 6.12. The fourth-order valence-electron chi connectivity index (χ4n) is 5.33. The molecule has 0 saturated heterocycles. The van der Waals surface area contributed by atoms with Gasteiger partial charge in [0, 0.05) is 49.5 Å². The summed E-state index contributed by atoms with van der Waals surface area (Å²) >= 11 is 0. The average Bonchev–Trinajstić information content (AvgIpc) is 3.16. The van der Waals surface area contributed by atoms with Crippen LogP contribution in [0, 0.1) is 0 Å². The Morgan fingerprint density at radius 2 is 1.66 bits per heavy atom. The van der Waals surface area contributed by atoms with Crippen molar-refractivity contribution in [3.05, 3.63) is 65.9 Å². The topological polar surface area (TPSA) is 70.3 Å². The molecule has 35 heavy (non-hydrogen) atoms. The Hall–Kier alpha value is -3.12. The summed E-state index contributed by atoms with van der Waals surface area (Å²) in [6, 6.07) is 20.0. The number of nitrogens with zero attached hydrogens (tertiary/aromatic N) is 4. The third-order valence-electron chi connectivity index (χ3n) is 7.12. The molecule has 6 nitrogen and oxygen atoms in total. The maximum Gasteiger partial charge on any atom is 0.222 e. The van der Waals surface area contributed by atoms with Gasteiger partial charge in [0.2, 0.25) is 5.95 Å². The molecule has 2 aliphatic rings. The lowest BCUT2D eigenvalue weighted by Crippen LogP contribution is -2.32. The van der Waals surface area contributed by atoms with Crippen LogP contribution in [0.15, 0.2) is 65.9 Å². The van der Waals surface area contributed by atoms with E-state index in [1.54, 1.807) is 5.57 Å². The van der Waals surface area contributed by atoms with Gasteiger partial charge in [0.05, 0.1) is 5.52 Å². The van der Waals surface area contributed by atoms with E-state index in [-0.39, 0.29) is 0 Å². The van der Waals surface area contributed by atoms with Crippen molar-refractivity contribution in [2.24, 2.45) is 0 Å². The van der Waals surface area contributed by atoms with Crippen LogP contribution in [-0.4, -0.2) is 42.7 Å². The Balaban J connectivity index is 0.000000179. The maximum absolute atomic E-state index is 5.61. The van der Waals surface area contributed by atoms with Crippen molar-refractivity contribution < 1.29 is 0 Å². The number of nitrogens with one attached hydrogen (secondary N) is 1. The van der Waals surface area contributed by atoms with Gasteiger partial charge in [-0.1, -0.05) is 49.6 Å². The second-order valence-electron chi connectivity index (χ2n) is 9.98. The Morgan fingerprint density at radius 1 is 0.971 bits per heavy atom. The number of para-hydroxylation sites is 2. The van der Waals surface area contributed by atoms with Crippen LogP contribution in [0.5, 0.6) is 0 Å². The highest BCUT2D eigenvalue weighted by atomic mass is 15.2. The fraction of sp³-hybridized carbons (Fsp3) is 0.448. The van der Waals surface area contributed by atoms with Crippen LogP contribution in [0.4, 0.5) is 17.5 Å². The first-order valence-corrected chi connectivity index (χ1v) is 12.9. The maximum atomic E-state index is 5.61. The Kier molecular flexibility index (Phi) is 8.24. The highest BCUT2D eigenvalue weighted by Gasteiger charge is 2.27. The highest BCUT2D eigenvalue weighted by Crippen LogP contribution is 2.33. The zero-order valence-electron chi connectivity index (χ0n) is 21.7. The minimum absolute atomic E-state index is 0.312.